The second-order valence-electron chi connectivity index (χ2n) is 2.45. The predicted octanol–water partition coefficient (Wildman–Crippen LogP) is 2.30. The zero-order valence-electron chi connectivity index (χ0n) is 7.69. The minimum Gasteiger partial charge on any atom is -0.397 e. The molecule has 0 heterocycles. The number of halogens is 1. The molecule has 1 atom stereocenters. The van der Waals surface area contributed by atoms with Crippen LogP contribution in [0.2, 0.25) is 6.04 Å². The summed E-state index contributed by atoms with van der Waals surface area (Å²) in [6.45, 7) is 4.11. The largest absolute Gasteiger partial charge is 0.397 e. The van der Waals surface area contributed by atoms with Gasteiger partial charge in [-0.2, -0.15) is 0 Å². The lowest BCUT2D eigenvalue weighted by atomic mass is 10.6. The van der Waals surface area contributed by atoms with Crippen molar-refractivity contribution in [3.63, 3.8) is 0 Å². The fourth-order valence-corrected chi connectivity index (χ4v) is 4.48. The molecule has 0 spiro atoms. The highest BCUT2D eigenvalue weighted by atomic mass is 35.5. The normalized spacial score (nSPS) is 15.0. The first-order chi connectivity index (χ1) is 5.16. The lowest BCUT2D eigenvalue weighted by molar-refractivity contribution is 0.239. The fraction of sp³-hybridized carbons (Fsp3) is 1.00. The number of alkyl halides is 1. The van der Waals surface area contributed by atoms with Gasteiger partial charge < -0.3 is 8.85 Å². The van der Waals surface area contributed by atoms with Crippen molar-refractivity contribution in [2.75, 3.05) is 14.2 Å². The summed E-state index contributed by atoms with van der Waals surface area (Å²) in [5.41, 5.74) is 0. The van der Waals surface area contributed by atoms with Gasteiger partial charge in [-0.3, -0.25) is 0 Å². The van der Waals surface area contributed by atoms with Gasteiger partial charge in [-0.1, -0.05) is 13.8 Å². The van der Waals surface area contributed by atoms with Gasteiger partial charge in [-0.15, -0.1) is 11.6 Å². The summed E-state index contributed by atoms with van der Waals surface area (Å²) in [6.07, 6.45) is 0.906. The van der Waals surface area contributed by atoms with E-state index in [9.17, 15) is 0 Å². The van der Waals surface area contributed by atoms with Gasteiger partial charge in [0.15, 0.2) is 0 Å². The third-order valence-corrected chi connectivity index (χ3v) is 7.06. The highest BCUT2D eigenvalue weighted by Gasteiger charge is 2.40. The molecular weight excluding hydrogens is 180 g/mol. The van der Waals surface area contributed by atoms with Crippen molar-refractivity contribution < 1.29 is 8.85 Å². The van der Waals surface area contributed by atoms with Crippen LogP contribution in [0.5, 0.6) is 0 Å². The molecule has 11 heavy (non-hydrogen) atoms. The summed E-state index contributed by atoms with van der Waals surface area (Å²) < 4.78 is 10.7. The molecule has 0 saturated carbocycles. The van der Waals surface area contributed by atoms with Crippen LogP contribution < -0.4 is 0 Å². The Bertz CT molecular complexity index is 98.3. The second kappa shape index (κ2) is 5.14. The van der Waals surface area contributed by atoms with E-state index in [-0.39, 0.29) is 5.00 Å². The van der Waals surface area contributed by atoms with Crippen LogP contribution in [-0.2, 0) is 8.85 Å². The summed E-state index contributed by atoms with van der Waals surface area (Å²) in [7, 11) is 1.31. The van der Waals surface area contributed by atoms with Crippen molar-refractivity contribution in [1.29, 1.82) is 0 Å². The summed E-state index contributed by atoms with van der Waals surface area (Å²) in [6, 6.07) is 0.905. The Morgan fingerprint density at radius 1 is 1.27 bits per heavy atom. The Kier molecular flexibility index (Phi) is 5.34. The van der Waals surface area contributed by atoms with E-state index in [1.54, 1.807) is 14.2 Å². The molecular formula is C7H17ClO2Si. The van der Waals surface area contributed by atoms with Gasteiger partial charge in [0.2, 0.25) is 0 Å². The Hall–Kier alpha value is 0.427. The van der Waals surface area contributed by atoms with Crippen LogP contribution >= 0.6 is 11.6 Å². The van der Waals surface area contributed by atoms with Gasteiger partial charge in [0.25, 0.3) is 0 Å². The highest BCUT2D eigenvalue weighted by molar-refractivity contribution is 6.76. The lowest BCUT2D eigenvalue weighted by Gasteiger charge is -2.29. The van der Waals surface area contributed by atoms with Gasteiger partial charge in [0.1, 0.15) is 0 Å². The summed E-state index contributed by atoms with van der Waals surface area (Å²) in [4.78, 5) is 0. The van der Waals surface area contributed by atoms with Gasteiger partial charge >= 0.3 is 8.56 Å². The predicted molar refractivity (Wildman–Crippen MR) is 50.2 cm³/mol. The van der Waals surface area contributed by atoms with E-state index in [1.807, 2.05) is 6.92 Å². The smallest absolute Gasteiger partial charge is 0.355 e. The molecule has 0 aliphatic heterocycles. The molecule has 0 aromatic carbocycles. The van der Waals surface area contributed by atoms with Crippen molar-refractivity contribution in [2.24, 2.45) is 0 Å². The molecule has 2 nitrogen and oxygen atoms in total. The summed E-state index contributed by atoms with van der Waals surface area (Å²) >= 11 is 6.10. The maximum Gasteiger partial charge on any atom is 0.355 e. The molecule has 0 aliphatic rings. The first kappa shape index (κ1) is 11.4. The van der Waals surface area contributed by atoms with Crippen LogP contribution in [0.1, 0.15) is 20.3 Å². The van der Waals surface area contributed by atoms with Crippen LogP contribution in [0, 0.1) is 0 Å². The third kappa shape index (κ3) is 2.44. The van der Waals surface area contributed by atoms with E-state index in [1.165, 1.54) is 0 Å². The zero-order valence-corrected chi connectivity index (χ0v) is 9.44. The molecule has 0 bridgehead atoms. The minimum absolute atomic E-state index is 0.0579. The Morgan fingerprint density at radius 2 is 1.73 bits per heavy atom. The molecule has 4 heteroatoms. The van der Waals surface area contributed by atoms with Gasteiger partial charge in [0, 0.05) is 14.2 Å². The van der Waals surface area contributed by atoms with Crippen LogP contribution in [-0.4, -0.2) is 27.8 Å². The van der Waals surface area contributed by atoms with Crippen molar-refractivity contribution >= 4 is 20.2 Å². The molecule has 1 unspecified atom stereocenters. The SMILES string of the molecule is CCC(Cl)[Si](CC)(OC)OC. The van der Waals surface area contributed by atoms with Gasteiger partial charge in [-0.25, -0.2) is 0 Å². The average Bonchev–Trinajstić information content (AvgIpc) is 2.08. The molecule has 0 radical (unpaired) electrons. The number of rotatable bonds is 5. The van der Waals surface area contributed by atoms with E-state index in [2.05, 4.69) is 6.92 Å². The molecule has 0 aromatic heterocycles. The minimum atomic E-state index is -2.06. The maximum absolute atomic E-state index is 6.10. The van der Waals surface area contributed by atoms with E-state index in [0.29, 0.717) is 0 Å². The van der Waals surface area contributed by atoms with Crippen LogP contribution in [0.4, 0.5) is 0 Å². The average molecular weight is 197 g/mol. The molecule has 0 fully saturated rings. The third-order valence-electron chi connectivity index (χ3n) is 2.02. The topological polar surface area (TPSA) is 18.5 Å². The van der Waals surface area contributed by atoms with E-state index in [4.69, 9.17) is 20.5 Å². The Labute approximate surface area is 75.1 Å². The molecule has 0 aliphatic carbocycles. The van der Waals surface area contributed by atoms with E-state index >= 15 is 0 Å². The molecule has 0 aromatic rings. The van der Waals surface area contributed by atoms with Crippen molar-refractivity contribution in [1.82, 2.24) is 0 Å². The summed E-state index contributed by atoms with van der Waals surface area (Å²) in [5.74, 6) is 0. The first-order valence-electron chi connectivity index (χ1n) is 3.91. The maximum atomic E-state index is 6.10. The first-order valence-corrected chi connectivity index (χ1v) is 6.45. The fourth-order valence-electron chi connectivity index (χ4n) is 1.16. The molecule has 0 amide bonds. The quantitative estimate of drug-likeness (QED) is 0.496. The molecule has 0 saturated heterocycles. The monoisotopic (exact) mass is 196 g/mol. The van der Waals surface area contributed by atoms with Crippen LogP contribution in [0.25, 0.3) is 0 Å². The number of hydrogen-bond donors (Lipinski definition) is 0. The van der Waals surface area contributed by atoms with E-state index < -0.39 is 8.56 Å². The van der Waals surface area contributed by atoms with Crippen LogP contribution in [0.15, 0.2) is 0 Å². The second-order valence-corrected chi connectivity index (χ2v) is 7.19. The van der Waals surface area contributed by atoms with Crippen molar-refractivity contribution in [2.45, 2.75) is 31.3 Å². The van der Waals surface area contributed by atoms with Gasteiger partial charge in [0.05, 0.1) is 5.00 Å². The van der Waals surface area contributed by atoms with Crippen LogP contribution in [0.3, 0.4) is 0 Å². The van der Waals surface area contributed by atoms with E-state index in [0.717, 1.165) is 12.5 Å². The van der Waals surface area contributed by atoms with Crippen molar-refractivity contribution in [3.8, 4) is 0 Å². The highest BCUT2D eigenvalue weighted by Crippen LogP contribution is 2.22. The van der Waals surface area contributed by atoms with Crippen molar-refractivity contribution in [3.05, 3.63) is 0 Å². The molecule has 68 valence electrons. The standard InChI is InChI=1S/C7H17ClO2Si/c1-5-7(8)11(6-2,9-3)10-4/h7H,5-6H2,1-4H3. The Morgan fingerprint density at radius 3 is 1.82 bits per heavy atom. The zero-order chi connectivity index (χ0) is 8.91. The molecule has 0 N–H and O–H groups in total. The Balaban J connectivity index is 4.26. The molecule has 0 rings (SSSR count). The number of hydrogen-bond acceptors (Lipinski definition) is 2. The van der Waals surface area contributed by atoms with Gasteiger partial charge in [-0.05, 0) is 12.5 Å². The summed E-state index contributed by atoms with van der Waals surface area (Å²) in [5, 5.41) is 0.0579. The lowest BCUT2D eigenvalue weighted by Crippen LogP contribution is -2.48.